The van der Waals surface area contributed by atoms with Gasteiger partial charge in [-0.25, -0.2) is 12.7 Å². The molecule has 112 valence electrons. The zero-order valence-corrected chi connectivity index (χ0v) is 12.4. The van der Waals surface area contributed by atoms with E-state index in [1.807, 2.05) is 0 Å². The normalized spacial score (nSPS) is 15.7. The number of hydrogen-bond donors (Lipinski definition) is 1. The summed E-state index contributed by atoms with van der Waals surface area (Å²) in [6, 6.07) is 1.55. The highest BCUT2D eigenvalue weighted by Crippen LogP contribution is 2.26. The van der Waals surface area contributed by atoms with Crippen LogP contribution in [0.15, 0.2) is 10.6 Å². The van der Waals surface area contributed by atoms with Crippen molar-refractivity contribution in [3.8, 4) is 0 Å². The van der Waals surface area contributed by atoms with E-state index < -0.39 is 10.0 Å². The molecule has 1 N–H and O–H groups in total. The molecular weight excluding hydrogens is 282 g/mol. The summed E-state index contributed by atoms with van der Waals surface area (Å²) in [5, 5.41) is 6.46. The second kappa shape index (κ2) is 5.82. The van der Waals surface area contributed by atoms with Crippen LogP contribution in [-0.4, -0.2) is 38.8 Å². The molecule has 0 spiro atoms. The van der Waals surface area contributed by atoms with E-state index in [4.69, 9.17) is 4.52 Å². The highest BCUT2D eigenvalue weighted by atomic mass is 32.2. The van der Waals surface area contributed by atoms with Crippen molar-refractivity contribution in [3.05, 3.63) is 11.8 Å². The van der Waals surface area contributed by atoms with Crippen LogP contribution in [0.2, 0.25) is 0 Å². The quantitative estimate of drug-likeness (QED) is 0.833. The number of anilines is 1. The molecule has 8 heteroatoms. The molecule has 0 bridgehead atoms. The van der Waals surface area contributed by atoms with Gasteiger partial charge in [0.1, 0.15) is 5.76 Å². The van der Waals surface area contributed by atoms with Crippen LogP contribution in [0.4, 0.5) is 5.82 Å². The Morgan fingerprint density at radius 2 is 2.25 bits per heavy atom. The summed E-state index contributed by atoms with van der Waals surface area (Å²) in [5.41, 5.74) is 0. The molecule has 1 saturated carbocycles. The zero-order chi connectivity index (χ0) is 14.8. The molecule has 0 aliphatic heterocycles. The first kappa shape index (κ1) is 14.8. The van der Waals surface area contributed by atoms with E-state index in [9.17, 15) is 13.2 Å². The Hall–Kier alpha value is -1.57. The molecule has 7 nitrogen and oxygen atoms in total. The Morgan fingerprint density at radius 1 is 1.55 bits per heavy atom. The minimum absolute atomic E-state index is 0.000958. The summed E-state index contributed by atoms with van der Waals surface area (Å²) >= 11 is 0. The van der Waals surface area contributed by atoms with Crippen molar-refractivity contribution in [1.29, 1.82) is 0 Å². The number of amides is 1. The summed E-state index contributed by atoms with van der Waals surface area (Å²) in [6.45, 7) is 2.09. The molecule has 2 rings (SSSR count). The molecule has 0 radical (unpaired) electrons. The number of carbonyl (C=O) groups excluding carboxylic acids is 1. The summed E-state index contributed by atoms with van der Waals surface area (Å²) < 4.78 is 29.5. The van der Waals surface area contributed by atoms with Crippen LogP contribution in [-0.2, 0) is 14.8 Å². The first-order valence-electron chi connectivity index (χ1n) is 6.56. The number of nitrogens with zero attached hydrogens (tertiary/aromatic N) is 2. The lowest BCUT2D eigenvalue weighted by Crippen LogP contribution is -2.41. The fourth-order valence-electron chi connectivity index (χ4n) is 2.02. The van der Waals surface area contributed by atoms with Crippen LogP contribution in [0.3, 0.4) is 0 Å². The number of sulfonamides is 1. The van der Waals surface area contributed by atoms with Crippen LogP contribution < -0.4 is 9.62 Å². The fraction of sp³-hybridized carbons (Fsp3) is 0.667. The molecule has 1 amide bonds. The predicted molar refractivity (Wildman–Crippen MR) is 73.8 cm³/mol. The van der Waals surface area contributed by atoms with Gasteiger partial charge in [-0.1, -0.05) is 11.6 Å². The Morgan fingerprint density at radius 3 is 2.70 bits per heavy atom. The van der Waals surface area contributed by atoms with Crippen molar-refractivity contribution < 1.29 is 17.7 Å². The fourth-order valence-corrected chi connectivity index (χ4v) is 2.87. The topological polar surface area (TPSA) is 92.5 Å². The molecule has 1 aromatic rings. The maximum absolute atomic E-state index is 11.7. The van der Waals surface area contributed by atoms with E-state index in [1.165, 1.54) is 0 Å². The van der Waals surface area contributed by atoms with Crippen molar-refractivity contribution in [2.24, 2.45) is 5.92 Å². The number of aryl methyl sites for hydroxylation is 1. The van der Waals surface area contributed by atoms with Crippen LogP contribution in [0.25, 0.3) is 0 Å². The highest BCUT2D eigenvalue weighted by Gasteiger charge is 2.26. The summed E-state index contributed by atoms with van der Waals surface area (Å²) in [4.78, 5) is 11.7. The van der Waals surface area contributed by atoms with Gasteiger partial charge in [0, 0.05) is 18.5 Å². The van der Waals surface area contributed by atoms with Gasteiger partial charge in [-0.15, -0.1) is 0 Å². The van der Waals surface area contributed by atoms with Gasteiger partial charge in [0.2, 0.25) is 15.9 Å². The molecule has 1 aromatic heterocycles. The molecule has 0 aromatic carbocycles. The van der Waals surface area contributed by atoms with Gasteiger partial charge >= 0.3 is 0 Å². The number of carbonyl (C=O) groups is 1. The second-order valence-corrected chi connectivity index (χ2v) is 6.96. The van der Waals surface area contributed by atoms with Gasteiger partial charge in [-0.3, -0.25) is 4.79 Å². The number of aromatic nitrogens is 1. The largest absolute Gasteiger partial charge is 0.360 e. The first-order valence-corrected chi connectivity index (χ1v) is 8.41. The maximum atomic E-state index is 11.7. The lowest BCUT2D eigenvalue weighted by atomic mass is 9.85. The number of rotatable bonds is 6. The second-order valence-electron chi connectivity index (χ2n) is 5.05. The summed E-state index contributed by atoms with van der Waals surface area (Å²) in [5.74, 6) is 0.868. The van der Waals surface area contributed by atoms with E-state index >= 15 is 0 Å². The molecule has 1 fully saturated rings. The van der Waals surface area contributed by atoms with Crippen molar-refractivity contribution in [1.82, 2.24) is 10.5 Å². The van der Waals surface area contributed by atoms with Crippen molar-refractivity contribution in [3.63, 3.8) is 0 Å². The number of hydrogen-bond acceptors (Lipinski definition) is 5. The predicted octanol–water partition coefficient (Wildman–Crippen LogP) is 0.665. The average Bonchev–Trinajstić information content (AvgIpc) is 2.66. The smallest absolute Gasteiger partial charge is 0.233 e. The molecular formula is C12H19N3O4S. The van der Waals surface area contributed by atoms with Crippen LogP contribution in [0.5, 0.6) is 0 Å². The van der Waals surface area contributed by atoms with E-state index in [0.717, 1.165) is 29.8 Å². The summed E-state index contributed by atoms with van der Waals surface area (Å²) in [6.07, 6.45) is 4.03. The lowest BCUT2D eigenvalue weighted by molar-refractivity contribution is -0.127. The zero-order valence-electron chi connectivity index (χ0n) is 11.6. The van der Waals surface area contributed by atoms with Gasteiger partial charge in [0.15, 0.2) is 5.82 Å². The Kier molecular flexibility index (Phi) is 4.32. The Balaban J connectivity index is 1.93. The van der Waals surface area contributed by atoms with Crippen LogP contribution in [0, 0.1) is 12.8 Å². The minimum atomic E-state index is -3.45. The lowest BCUT2D eigenvalue weighted by Gasteiger charge is -2.25. The Bertz CT molecular complexity index is 577. The van der Waals surface area contributed by atoms with E-state index in [1.54, 1.807) is 13.0 Å². The minimum Gasteiger partial charge on any atom is -0.360 e. The highest BCUT2D eigenvalue weighted by molar-refractivity contribution is 7.92. The van der Waals surface area contributed by atoms with E-state index in [0.29, 0.717) is 5.76 Å². The van der Waals surface area contributed by atoms with Gasteiger partial charge < -0.3 is 9.84 Å². The third-order valence-corrected chi connectivity index (χ3v) is 4.53. The van der Waals surface area contributed by atoms with Crippen molar-refractivity contribution >= 4 is 21.7 Å². The average molecular weight is 301 g/mol. The molecule has 1 aliphatic carbocycles. The third kappa shape index (κ3) is 3.50. The van der Waals surface area contributed by atoms with Crippen molar-refractivity contribution in [2.45, 2.75) is 26.2 Å². The summed E-state index contributed by atoms with van der Waals surface area (Å²) in [7, 11) is -3.45. The SMILES string of the molecule is Cc1cc(N(CCNC(=O)C2CCC2)S(C)(=O)=O)no1. The van der Waals surface area contributed by atoms with Gasteiger partial charge in [0.25, 0.3) is 0 Å². The molecule has 0 unspecified atom stereocenters. The Labute approximate surface area is 118 Å². The van der Waals surface area contributed by atoms with Crippen molar-refractivity contribution in [2.75, 3.05) is 23.7 Å². The first-order chi connectivity index (χ1) is 9.38. The number of nitrogens with one attached hydrogen (secondary N) is 1. The molecule has 0 saturated heterocycles. The van der Waals surface area contributed by atoms with Gasteiger partial charge in [0.05, 0.1) is 12.8 Å². The van der Waals surface area contributed by atoms with E-state index in [-0.39, 0.29) is 30.7 Å². The third-order valence-electron chi connectivity index (χ3n) is 3.36. The maximum Gasteiger partial charge on any atom is 0.233 e. The van der Waals surface area contributed by atoms with Crippen LogP contribution >= 0.6 is 0 Å². The van der Waals surface area contributed by atoms with Gasteiger partial charge in [-0.05, 0) is 19.8 Å². The molecule has 0 atom stereocenters. The van der Waals surface area contributed by atoms with Gasteiger partial charge in [-0.2, -0.15) is 0 Å². The standard InChI is InChI=1S/C12H19N3O4S/c1-9-8-11(14-19-9)15(20(2,17)18)7-6-13-12(16)10-4-3-5-10/h8,10H,3-7H2,1-2H3,(H,13,16). The molecule has 1 heterocycles. The van der Waals surface area contributed by atoms with Crippen LogP contribution in [0.1, 0.15) is 25.0 Å². The van der Waals surface area contributed by atoms with E-state index in [2.05, 4.69) is 10.5 Å². The molecule has 1 aliphatic rings. The monoisotopic (exact) mass is 301 g/mol. The molecule has 20 heavy (non-hydrogen) atoms.